The molecule has 0 spiro atoms. The lowest BCUT2D eigenvalue weighted by Gasteiger charge is -2.14. The molecule has 0 fully saturated rings. The predicted octanol–water partition coefficient (Wildman–Crippen LogP) is 3.56. The van der Waals surface area contributed by atoms with Crippen LogP contribution in [0.25, 0.3) is 10.9 Å². The number of ether oxygens (including phenoxy) is 4. The van der Waals surface area contributed by atoms with Crippen LogP contribution in [0, 0.1) is 0 Å². The minimum absolute atomic E-state index is 0.253. The number of aryl methyl sites for hydroxylation is 1. The smallest absolute Gasteiger partial charge is 0.343 e. The van der Waals surface area contributed by atoms with Crippen molar-refractivity contribution in [3.8, 4) is 17.2 Å². The summed E-state index contributed by atoms with van der Waals surface area (Å²) in [7, 11) is 4.21. The second-order valence-corrected chi connectivity index (χ2v) is 7.84. The second-order valence-electron chi connectivity index (χ2n) is 6.92. The van der Waals surface area contributed by atoms with Crippen LogP contribution in [0.15, 0.2) is 44.7 Å². The van der Waals surface area contributed by atoms with Crippen molar-refractivity contribution in [1.29, 1.82) is 0 Å². The first-order valence-corrected chi connectivity index (χ1v) is 10.9. The number of aromatic nitrogens is 2. The highest BCUT2D eigenvalue weighted by Gasteiger charge is 2.16. The van der Waals surface area contributed by atoms with Crippen molar-refractivity contribution in [3.63, 3.8) is 0 Å². The zero-order valence-electron chi connectivity index (χ0n) is 18.8. The number of methoxy groups -OCH3 is 3. The lowest BCUT2D eigenvalue weighted by Crippen LogP contribution is -2.22. The van der Waals surface area contributed by atoms with Gasteiger partial charge in [0.25, 0.3) is 5.56 Å². The van der Waals surface area contributed by atoms with E-state index in [-0.39, 0.29) is 17.9 Å². The number of carbonyl (C=O) groups is 1. The van der Waals surface area contributed by atoms with Crippen LogP contribution in [0.3, 0.4) is 0 Å². The van der Waals surface area contributed by atoms with Gasteiger partial charge in [0, 0.05) is 16.5 Å². The predicted molar refractivity (Wildman–Crippen MR) is 128 cm³/mol. The zero-order valence-corrected chi connectivity index (χ0v) is 20.3. The highest BCUT2D eigenvalue weighted by molar-refractivity contribution is 9.10. The van der Waals surface area contributed by atoms with Crippen molar-refractivity contribution in [1.82, 2.24) is 9.66 Å². The van der Waals surface area contributed by atoms with E-state index < -0.39 is 5.97 Å². The van der Waals surface area contributed by atoms with Crippen LogP contribution < -0.4 is 19.8 Å². The van der Waals surface area contributed by atoms with Crippen LogP contribution in [0.5, 0.6) is 17.2 Å². The van der Waals surface area contributed by atoms with E-state index in [1.807, 2.05) is 13.0 Å². The van der Waals surface area contributed by atoms with Crippen LogP contribution in [0.2, 0.25) is 0 Å². The number of carbonyl (C=O) groups excluding carboxylic acids is 1. The van der Waals surface area contributed by atoms with Gasteiger partial charge < -0.3 is 18.9 Å². The van der Waals surface area contributed by atoms with Crippen molar-refractivity contribution >= 4 is 39.0 Å². The second kappa shape index (κ2) is 11.0. The molecule has 0 bridgehead atoms. The average Bonchev–Trinajstić information content (AvgIpc) is 2.82. The molecule has 0 atom stereocenters. The van der Waals surface area contributed by atoms with Gasteiger partial charge in [0.1, 0.15) is 5.82 Å². The Balaban J connectivity index is 2.05. The van der Waals surface area contributed by atoms with Gasteiger partial charge in [-0.2, -0.15) is 9.78 Å². The number of fused-ring (bicyclic) bond motifs is 1. The normalized spacial score (nSPS) is 11.1. The van der Waals surface area contributed by atoms with Crippen LogP contribution in [-0.4, -0.2) is 49.8 Å². The van der Waals surface area contributed by atoms with Crippen LogP contribution in [0.4, 0.5) is 0 Å². The van der Waals surface area contributed by atoms with Gasteiger partial charge in [-0.05, 0) is 36.8 Å². The summed E-state index contributed by atoms with van der Waals surface area (Å²) in [5.74, 6) is 0.944. The minimum Gasteiger partial charge on any atom is -0.493 e. The summed E-state index contributed by atoms with van der Waals surface area (Å²) in [5.41, 5.74) is 0.948. The van der Waals surface area contributed by atoms with E-state index in [0.29, 0.717) is 40.2 Å². The van der Waals surface area contributed by atoms with Crippen LogP contribution in [-0.2, 0) is 16.0 Å². The van der Waals surface area contributed by atoms with E-state index in [4.69, 9.17) is 14.2 Å². The van der Waals surface area contributed by atoms with Crippen molar-refractivity contribution in [2.24, 2.45) is 5.10 Å². The summed E-state index contributed by atoms with van der Waals surface area (Å²) in [6.45, 7) is 1.71. The Morgan fingerprint density at radius 3 is 2.45 bits per heavy atom. The topological polar surface area (TPSA) is 101 Å². The van der Waals surface area contributed by atoms with Gasteiger partial charge in [0.15, 0.2) is 18.1 Å². The standard InChI is InChI=1S/C23H24BrN3O6/c1-5-6-20-26-17-8-7-15(24)11-16(17)23(29)27(20)25-12-14-9-18(30-2)22(19(10-14)31-3)33-13-21(28)32-4/h7-12H,5-6,13H2,1-4H3. The Morgan fingerprint density at radius 1 is 1.15 bits per heavy atom. The minimum atomic E-state index is -0.539. The number of benzene rings is 2. The molecule has 3 rings (SSSR count). The Bertz CT molecular complexity index is 1230. The van der Waals surface area contributed by atoms with Crippen molar-refractivity contribution in [2.75, 3.05) is 27.9 Å². The molecule has 33 heavy (non-hydrogen) atoms. The number of esters is 1. The third kappa shape index (κ3) is 5.51. The van der Waals surface area contributed by atoms with E-state index in [0.717, 1.165) is 10.9 Å². The summed E-state index contributed by atoms with van der Waals surface area (Å²) < 4.78 is 23.0. The molecule has 0 aliphatic rings. The first kappa shape index (κ1) is 24.2. The molecule has 3 aromatic rings. The summed E-state index contributed by atoms with van der Waals surface area (Å²) in [6.07, 6.45) is 2.91. The molecule has 0 radical (unpaired) electrons. The van der Waals surface area contributed by atoms with E-state index in [1.165, 1.54) is 32.2 Å². The largest absolute Gasteiger partial charge is 0.493 e. The molecule has 0 aliphatic heterocycles. The average molecular weight is 518 g/mol. The maximum atomic E-state index is 13.2. The lowest BCUT2D eigenvalue weighted by atomic mass is 10.2. The molecule has 0 saturated carbocycles. The van der Waals surface area contributed by atoms with E-state index in [9.17, 15) is 9.59 Å². The van der Waals surface area contributed by atoms with Gasteiger partial charge in [-0.25, -0.2) is 9.78 Å². The van der Waals surface area contributed by atoms with Crippen LogP contribution in [0.1, 0.15) is 24.7 Å². The highest BCUT2D eigenvalue weighted by atomic mass is 79.9. The van der Waals surface area contributed by atoms with E-state index in [2.05, 4.69) is 30.8 Å². The van der Waals surface area contributed by atoms with Crippen LogP contribution >= 0.6 is 15.9 Å². The quantitative estimate of drug-likeness (QED) is 0.315. The number of halogens is 1. The fourth-order valence-electron chi connectivity index (χ4n) is 3.13. The first-order chi connectivity index (χ1) is 15.9. The molecule has 1 aromatic heterocycles. The van der Waals surface area contributed by atoms with Gasteiger partial charge in [0.05, 0.1) is 38.4 Å². The molecular weight excluding hydrogens is 494 g/mol. The number of hydrogen-bond donors (Lipinski definition) is 0. The van der Waals surface area contributed by atoms with Gasteiger partial charge in [-0.3, -0.25) is 4.79 Å². The lowest BCUT2D eigenvalue weighted by molar-refractivity contribution is -0.142. The maximum absolute atomic E-state index is 13.2. The van der Waals surface area contributed by atoms with Crippen molar-refractivity contribution < 1.29 is 23.7 Å². The summed E-state index contributed by atoms with van der Waals surface area (Å²) >= 11 is 3.40. The molecule has 2 aromatic carbocycles. The van der Waals surface area contributed by atoms with E-state index in [1.54, 1.807) is 24.3 Å². The molecule has 174 valence electrons. The maximum Gasteiger partial charge on any atom is 0.343 e. The molecule has 1 heterocycles. The molecule has 0 aliphatic carbocycles. The molecule has 0 N–H and O–H groups in total. The number of rotatable bonds is 9. The fraction of sp³-hybridized carbons (Fsp3) is 0.304. The SMILES string of the molecule is CCCc1nc2ccc(Br)cc2c(=O)n1N=Cc1cc(OC)c(OCC(=O)OC)c(OC)c1. The number of hydrogen-bond acceptors (Lipinski definition) is 8. The summed E-state index contributed by atoms with van der Waals surface area (Å²) in [6, 6.07) is 8.70. The molecule has 9 nitrogen and oxygen atoms in total. The third-order valence-electron chi connectivity index (χ3n) is 4.72. The summed E-state index contributed by atoms with van der Waals surface area (Å²) in [4.78, 5) is 29.2. The van der Waals surface area contributed by atoms with Gasteiger partial charge in [0.2, 0.25) is 5.75 Å². The van der Waals surface area contributed by atoms with E-state index >= 15 is 0 Å². The number of nitrogens with zero attached hydrogens (tertiary/aromatic N) is 3. The zero-order chi connectivity index (χ0) is 24.0. The molecular formula is C23H24BrN3O6. The fourth-order valence-corrected chi connectivity index (χ4v) is 3.49. The molecule has 10 heteroatoms. The highest BCUT2D eigenvalue weighted by Crippen LogP contribution is 2.38. The first-order valence-electron chi connectivity index (χ1n) is 10.1. The van der Waals surface area contributed by atoms with Crippen molar-refractivity contribution in [2.45, 2.75) is 19.8 Å². The van der Waals surface area contributed by atoms with Gasteiger partial charge in [-0.15, -0.1) is 0 Å². The third-order valence-corrected chi connectivity index (χ3v) is 5.21. The Kier molecular flexibility index (Phi) is 8.05. The Hall–Kier alpha value is -3.40. The van der Waals surface area contributed by atoms with Gasteiger partial charge >= 0.3 is 5.97 Å². The Labute approximate surface area is 199 Å². The molecule has 0 unspecified atom stereocenters. The monoisotopic (exact) mass is 517 g/mol. The summed E-state index contributed by atoms with van der Waals surface area (Å²) in [5, 5.41) is 4.88. The van der Waals surface area contributed by atoms with Crippen molar-refractivity contribution in [3.05, 3.63) is 56.5 Å². The molecule has 0 saturated heterocycles. The molecule has 0 amide bonds. The van der Waals surface area contributed by atoms with Gasteiger partial charge in [-0.1, -0.05) is 22.9 Å². The Morgan fingerprint density at radius 2 is 1.85 bits per heavy atom.